The molecule has 1 aromatic heterocycles. The average Bonchev–Trinajstić information content (AvgIpc) is 2.89. The molecule has 1 unspecified atom stereocenters. The number of nitrogens with one attached hydrogen (secondary N) is 1. The van der Waals surface area contributed by atoms with Crippen LogP contribution >= 0.6 is 0 Å². The summed E-state index contributed by atoms with van der Waals surface area (Å²) in [6, 6.07) is 14.6. The maximum atomic E-state index is 5.69. The predicted molar refractivity (Wildman–Crippen MR) is 75.3 cm³/mol. The van der Waals surface area contributed by atoms with Crippen LogP contribution in [0, 0.1) is 0 Å². The highest BCUT2D eigenvalue weighted by atomic mass is 16.5. The Labute approximate surface area is 113 Å². The lowest BCUT2D eigenvalue weighted by Gasteiger charge is -2.16. The first-order valence-electron chi connectivity index (χ1n) is 6.70. The lowest BCUT2D eigenvalue weighted by atomic mass is 10.0. The highest BCUT2D eigenvalue weighted by Gasteiger charge is 2.23. The molecule has 2 heterocycles. The molecule has 0 radical (unpaired) electrons. The third-order valence-electron chi connectivity index (χ3n) is 3.60. The van der Waals surface area contributed by atoms with Gasteiger partial charge in [-0.2, -0.15) is 0 Å². The largest absolute Gasteiger partial charge is 0.493 e. The summed E-state index contributed by atoms with van der Waals surface area (Å²) >= 11 is 0. The van der Waals surface area contributed by atoms with Gasteiger partial charge < -0.3 is 10.1 Å². The zero-order valence-corrected chi connectivity index (χ0v) is 11.0. The quantitative estimate of drug-likeness (QED) is 0.911. The predicted octanol–water partition coefficient (Wildman–Crippen LogP) is 2.91. The SMILES string of the molecule is C[C@H](NCC1COc2ccccc21)c1ccccn1. The fourth-order valence-electron chi connectivity index (χ4n) is 2.45. The van der Waals surface area contributed by atoms with Crippen molar-refractivity contribution in [1.82, 2.24) is 10.3 Å². The minimum absolute atomic E-state index is 0.258. The third-order valence-corrected chi connectivity index (χ3v) is 3.60. The molecule has 1 N–H and O–H groups in total. The van der Waals surface area contributed by atoms with Crippen molar-refractivity contribution >= 4 is 0 Å². The molecule has 0 saturated carbocycles. The molecule has 0 fully saturated rings. The molecule has 2 atom stereocenters. The van der Waals surface area contributed by atoms with E-state index in [1.54, 1.807) is 0 Å². The number of hydrogen-bond acceptors (Lipinski definition) is 3. The van der Waals surface area contributed by atoms with E-state index in [0.717, 1.165) is 24.6 Å². The summed E-state index contributed by atoms with van der Waals surface area (Å²) in [7, 11) is 0. The number of nitrogens with zero attached hydrogens (tertiary/aromatic N) is 1. The van der Waals surface area contributed by atoms with E-state index in [1.807, 2.05) is 30.5 Å². The molecule has 19 heavy (non-hydrogen) atoms. The standard InChI is InChI=1S/C16H18N2O/c1-12(15-7-4-5-9-17-15)18-10-13-11-19-16-8-3-2-6-14(13)16/h2-9,12-13,18H,10-11H2,1H3/t12-,13?/m0/s1. The normalized spacial score (nSPS) is 18.7. The summed E-state index contributed by atoms with van der Waals surface area (Å²) in [5.74, 6) is 1.46. The molecular formula is C16H18N2O. The molecule has 0 saturated heterocycles. The Hall–Kier alpha value is -1.87. The van der Waals surface area contributed by atoms with E-state index in [-0.39, 0.29) is 6.04 Å². The van der Waals surface area contributed by atoms with Crippen LogP contribution in [0.3, 0.4) is 0 Å². The van der Waals surface area contributed by atoms with Crippen LogP contribution in [0.1, 0.15) is 30.1 Å². The van der Waals surface area contributed by atoms with Crippen molar-refractivity contribution in [3.8, 4) is 5.75 Å². The van der Waals surface area contributed by atoms with Crippen molar-refractivity contribution in [3.05, 3.63) is 59.9 Å². The lowest BCUT2D eigenvalue weighted by molar-refractivity contribution is 0.323. The first-order chi connectivity index (χ1) is 9.34. The highest BCUT2D eigenvalue weighted by molar-refractivity contribution is 5.39. The maximum absolute atomic E-state index is 5.69. The summed E-state index contributed by atoms with van der Waals surface area (Å²) in [6.45, 7) is 3.82. The summed E-state index contributed by atoms with van der Waals surface area (Å²) < 4.78 is 5.69. The van der Waals surface area contributed by atoms with E-state index >= 15 is 0 Å². The second-order valence-electron chi connectivity index (χ2n) is 4.93. The Morgan fingerprint density at radius 1 is 1.26 bits per heavy atom. The molecule has 98 valence electrons. The summed E-state index contributed by atoms with van der Waals surface area (Å²) in [5.41, 5.74) is 2.39. The van der Waals surface area contributed by atoms with Gasteiger partial charge in [-0.15, -0.1) is 0 Å². The van der Waals surface area contributed by atoms with Gasteiger partial charge in [-0.1, -0.05) is 24.3 Å². The molecule has 3 rings (SSSR count). The van der Waals surface area contributed by atoms with Crippen LogP contribution < -0.4 is 10.1 Å². The van der Waals surface area contributed by atoms with Crippen molar-refractivity contribution in [1.29, 1.82) is 0 Å². The van der Waals surface area contributed by atoms with E-state index in [9.17, 15) is 0 Å². The minimum Gasteiger partial charge on any atom is -0.493 e. The number of para-hydroxylation sites is 1. The van der Waals surface area contributed by atoms with Crippen LogP contribution in [-0.4, -0.2) is 18.1 Å². The second-order valence-corrected chi connectivity index (χ2v) is 4.93. The van der Waals surface area contributed by atoms with Gasteiger partial charge in [0, 0.05) is 30.3 Å². The summed E-state index contributed by atoms with van der Waals surface area (Å²) in [6.07, 6.45) is 1.83. The smallest absolute Gasteiger partial charge is 0.122 e. The van der Waals surface area contributed by atoms with Crippen molar-refractivity contribution < 1.29 is 4.74 Å². The molecule has 0 spiro atoms. The maximum Gasteiger partial charge on any atom is 0.122 e. The fraction of sp³-hybridized carbons (Fsp3) is 0.312. The van der Waals surface area contributed by atoms with Gasteiger partial charge in [0.1, 0.15) is 5.75 Å². The monoisotopic (exact) mass is 254 g/mol. The van der Waals surface area contributed by atoms with Crippen molar-refractivity contribution in [2.75, 3.05) is 13.2 Å². The van der Waals surface area contributed by atoms with E-state index < -0.39 is 0 Å². The number of hydrogen-bond donors (Lipinski definition) is 1. The Balaban J connectivity index is 1.62. The Kier molecular flexibility index (Phi) is 3.47. The van der Waals surface area contributed by atoms with Gasteiger partial charge in [0.15, 0.2) is 0 Å². The van der Waals surface area contributed by atoms with Gasteiger partial charge >= 0.3 is 0 Å². The molecule has 0 aliphatic carbocycles. The first-order valence-corrected chi connectivity index (χ1v) is 6.70. The highest BCUT2D eigenvalue weighted by Crippen LogP contribution is 2.33. The number of aromatic nitrogens is 1. The summed E-state index contributed by atoms with van der Waals surface area (Å²) in [5, 5.41) is 3.54. The Morgan fingerprint density at radius 2 is 2.11 bits per heavy atom. The molecule has 2 aromatic rings. The number of pyridine rings is 1. The van der Waals surface area contributed by atoms with Gasteiger partial charge in [-0.25, -0.2) is 0 Å². The van der Waals surface area contributed by atoms with Crippen molar-refractivity contribution in [3.63, 3.8) is 0 Å². The number of ether oxygens (including phenoxy) is 1. The van der Waals surface area contributed by atoms with Gasteiger partial charge in [0.05, 0.1) is 12.3 Å². The van der Waals surface area contributed by atoms with E-state index in [4.69, 9.17) is 4.74 Å². The Morgan fingerprint density at radius 3 is 2.95 bits per heavy atom. The molecule has 1 aromatic carbocycles. The van der Waals surface area contributed by atoms with Crippen LogP contribution in [0.15, 0.2) is 48.7 Å². The molecule has 3 heteroatoms. The number of fused-ring (bicyclic) bond motifs is 1. The first kappa shape index (κ1) is 12.2. The topological polar surface area (TPSA) is 34.1 Å². The van der Waals surface area contributed by atoms with Gasteiger partial charge in [0.2, 0.25) is 0 Å². The summed E-state index contributed by atoms with van der Waals surface area (Å²) in [4.78, 5) is 4.37. The van der Waals surface area contributed by atoms with Crippen molar-refractivity contribution in [2.45, 2.75) is 18.9 Å². The lowest BCUT2D eigenvalue weighted by Crippen LogP contribution is -2.26. The van der Waals surface area contributed by atoms with Crippen molar-refractivity contribution in [2.24, 2.45) is 0 Å². The minimum atomic E-state index is 0.258. The molecule has 3 nitrogen and oxygen atoms in total. The van der Waals surface area contributed by atoms with E-state index in [1.165, 1.54) is 5.56 Å². The van der Waals surface area contributed by atoms with Gasteiger partial charge in [-0.3, -0.25) is 4.98 Å². The van der Waals surface area contributed by atoms with Gasteiger partial charge in [0.25, 0.3) is 0 Å². The van der Waals surface area contributed by atoms with E-state index in [0.29, 0.717) is 5.92 Å². The Bertz CT molecular complexity index is 541. The van der Waals surface area contributed by atoms with E-state index in [2.05, 4.69) is 35.4 Å². The van der Waals surface area contributed by atoms with Crippen LogP contribution in [0.5, 0.6) is 5.75 Å². The third kappa shape index (κ3) is 2.61. The zero-order valence-electron chi connectivity index (χ0n) is 11.0. The fourth-order valence-corrected chi connectivity index (χ4v) is 2.45. The van der Waals surface area contributed by atoms with Crippen LogP contribution in [-0.2, 0) is 0 Å². The molecular weight excluding hydrogens is 236 g/mol. The van der Waals surface area contributed by atoms with Gasteiger partial charge in [-0.05, 0) is 25.1 Å². The van der Waals surface area contributed by atoms with Crippen LogP contribution in [0.2, 0.25) is 0 Å². The molecule has 1 aliphatic rings. The molecule has 0 bridgehead atoms. The van der Waals surface area contributed by atoms with Crippen LogP contribution in [0.25, 0.3) is 0 Å². The zero-order chi connectivity index (χ0) is 13.1. The second kappa shape index (κ2) is 5.41. The molecule has 1 aliphatic heterocycles. The van der Waals surface area contributed by atoms with Crippen LogP contribution in [0.4, 0.5) is 0 Å². The number of rotatable bonds is 4. The number of benzene rings is 1. The average molecular weight is 254 g/mol. The molecule has 0 amide bonds.